The molecule has 2 rings (SSSR count). The number of rotatable bonds is 7. The molecule has 0 aliphatic heterocycles. The van der Waals surface area contributed by atoms with Gasteiger partial charge in [-0.1, -0.05) is 28.1 Å². The average molecular weight is 440 g/mol. The molecule has 0 atom stereocenters. The van der Waals surface area contributed by atoms with Gasteiger partial charge in [-0.3, -0.25) is 4.79 Å². The molecule has 0 saturated heterocycles. The van der Waals surface area contributed by atoms with E-state index in [1.165, 1.54) is 26.0 Å². The summed E-state index contributed by atoms with van der Waals surface area (Å²) >= 11 is 3.27. The lowest BCUT2D eigenvalue weighted by molar-refractivity contribution is -0.122. The first kappa shape index (κ1) is 20.5. The molecular formula is C19H22BrNO4S. The molecular weight excluding hydrogens is 418 g/mol. The number of phenolic OH excluding ortho intramolecular Hbond substituents is 1. The molecule has 0 aromatic heterocycles. The van der Waals surface area contributed by atoms with Crippen molar-refractivity contribution in [1.29, 1.82) is 0 Å². The largest absolute Gasteiger partial charge is 0.508 e. The Kier molecular flexibility index (Phi) is 6.47. The Morgan fingerprint density at radius 1 is 1.08 bits per heavy atom. The zero-order valence-electron chi connectivity index (χ0n) is 14.7. The van der Waals surface area contributed by atoms with E-state index in [0.29, 0.717) is 13.0 Å². The molecule has 0 radical (unpaired) electrons. The minimum Gasteiger partial charge on any atom is -0.508 e. The first-order valence-corrected chi connectivity index (χ1v) is 10.5. The molecule has 2 aromatic carbocycles. The summed E-state index contributed by atoms with van der Waals surface area (Å²) in [6.45, 7) is 3.21. The third-order valence-corrected chi connectivity index (χ3v) is 7.16. The van der Waals surface area contributed by atoms with Crippen molar-refractivity contribution in [2.75, 3.05) is 6.54 Å². The van der Waals surface area contributed by atoms with Gasteiger partial charge in [0.05, 0.1) is 4.90 Å². The number of carbonyl (C=O) groups excluding carboxylic acids is 1. The van der Waals surface area contributed by atoms with Gasteiger partial charge in [-0.05, 0) is 68.7 Å². The number of aryl methyl sites for hydroxylation is 1. The molecule has 0 aliphatic rings. The predicted molar refractivity (Wildman–Crippen MR) is 105 cm³/mol. The Labute approximate surface area is 162 Å². The van der Waals surface area contributed by atoms with Crippen molar-refractivity contribution in [2.24, 2.45) is 0 Å². The lowest BCUT2D eigenvalue weighted by Gasteiger charge is -2.24. The molecule has 0 heterocycles. The van der Waals surface area contributed by atoms with Crippen molar-refractivity contribution in [1.82, 2.24) is 5.32 Å². The van der Waals surface area contributed by atoms with Gasteiger partial charge in [0, 0.05) is 11.0 Å². The number of sulfone groups is 1. The number of aromatic hydroxyl groups is 1. The first-order chi connectivity index (χ1) is 12.1. The SMILES string of the molecule is CC(C)(C(=O)NCCCc1ccc(O)cc1)S(=O)(=O)c1ccc(Br)cc1. The van der Waals surface area contributed by atoms with Gasteiger partial charge < -0.3 is 10.4 Å². The Morgan fingerprint density at radius 2 is 1.65 bits per heavy atom. The number of hydrogen-bond acceptors (Lipinski definition) is 4. The van der Waals surface area contributed by atoms with E-state index in [-0.39, 0.29) is 10.6 Å². The van der Waals surface area contributed by atoms with Gasteiger partial charge in [0.2, 0.25) is 5.91 Å². The second-order valence-electron chi connectivity index (χ2n) is 6.49. The molecule has 7 heteroatoms. The van der Waals surface area contributed by atoms with Gasteiger partial charge in [-0.2, -0.15) is 0 Å². The summed E-state index contributed by atoms with van der Waals surface area (Å²) in [5.41, 5.74) is 1.04. The van der Waals surface area contributed by atoms with Crippen molar-refractivity contribution in [3.05, 3.63) is 58.6 Å². The fourth-order valence-electron chi connectivity index (χ4n) is 2.40. The smallest absolute Gasteiger partial charge is 0.241 e. The van der Waals surface area contributed by atoms with E-state index in [1.807, 2.05) is 12.1 Å². The van der Waals surface area contributed by atoms with Crippen LogP contribution in [0.25, 0.3) is 0 Å². The Bertz CT molecular complexity index is 859. The van der Waals surface area contributed by atoms with E-state index in [4.69, 9.17) is 0 Å². The van der Waals surface area contributed by atoms with Crippen LogP contribution in [0.3, 0.4) is 0 Å². The summed E-state index contributed by atoms with van der Waals surface area (Å²) in [6.07, 6.45) is 1.39. The molecule has 2 N–H and O–H groups in total. The summed E-state index contributed by atoms with van der Waals surface area (Å²) in [7, 11) is -3.81. The van der Waals surface area contributed by atoms with Crippen molar-refractivity contribution >= 4 is 31.7 Å². The standard InChI is InChI=1S/C19H22BrNO4S/c1-19(2,26(24,25)17-11-7-15(20)8-12-17)18(23)21-13-3-4-14-5-9-16(22)10-6-14/h5-12,22H,3-4,13H2,1-2H3,(H,21,23). The molecule has 0 fully saturated rings. The molecule has 0 aliphatic carbocycles. The highest BCUT2D eigenvalue weighted by Gasteiger charge is 2.42. The van der Waals surface area contributed by atoms with Crippen LogP contribution >= 0.6 is 15.9 Å². The number of hydrogen-bond donors (Lipinski definition) is 2. The molecule has 0 spiro atoms. The normalized spacial score (nSPS) is 12.0. The lowest BCUT2D eigenvalue weighted by Crippen LogP contribution is -2.48. The summed E-state index contributed by atoms with van der Waals surface area (Å²) in [5, 5.41) is 12.0. The fraction of sp³-hybridized carbons (Fsp3) is 0.316. The van der Waals surface area contributed by atoms with Crippen LogP contribution in [0.5, 0.6) is 5.75 Å². The first-order valence-electron chi connectivity index (χ1n) is 8.21. The van der Waals surface area contributed by atoms with Crippen LogP contribution in [0.15, 0.2) is 57.9 Å². The molecule has 5 nitrogen and oxygen atoms in total. The maximum absolute atomic E-state index is 12.8. The maximum atomic E-state index is 12.8. The number of benzene rings is 2. The Balaban J connectivity index is 1.96. The molecule has 0 bridgehead atoms. The fourth-order valence-corrected chi connectivity index (χ4v) is 4.06. The van der Waals surface area contributed by atoms with E-state index in [9.17, 15) is 18.3 Å². The maximum Gasteiger partial charge on any atom is 0.241 e. The second kappa shape index (κ2) is 8.22. The van der Waals surface area contributed by atoms with Gasteiger partial charge in [-0.15, -0.1) is 0 Å². The second-order valence-corrected chi connectivity index (χ2v) is 9.91. The summed E-state index contributed by atoms with van der Waals surface area (Å²) in [5.74, 6) is -0.312. The topological polar surface area (TPSA) is 83.5 Å². The number of carbonyl (C=O) groups is 1. The lowest BCUT2D eigenvalue weighted by atomic mass is 10.1. The van der Waals surface area contributed by atoms with Crippen LogP contribution in [-0.2, 0) is 21.1 Å². The van der Waals surface area contributed by atoms with Crippen LogP contribution in [0.2, 0.25) is 0 Å². The van der Waals surface area contributed by atoms with Gasteiger partial charge in [-0.25, -0.2) is 8.42 Å². The number of halogens is 1. The predicted octanol–water partition coefficient (Wildman–Crippen LogP) is 3.46. The van der Waals surface area contributed by atoms with Crippen molar-refractivity contribution in [3.63, 3.8) is 0 Å². The monoisotopic (exact) mass is 439 g/mol. The van der Waals surface area contributed by atoms with E-state index in [0.717, 1.165) is 16.5 Å². The third kappa shape index (κ3) is 4.65. The summed E-state index contributed by atoms with van der Waals surface area (Å²) in [4.78, 5) is 12.6. The summed E-state index contributed by atoms with van der Waals surface area (Å²) in [6, 6.07) is 13.1. The highest BCUT2D eigenvalue weighted by Crippen LogP contribution is 2.26. The van der Waals surface area contributed by atoms with E-state index < -0.39 is 20.5 Å². The van der Waals surface area contributed by atoms with E-state index in [1.54, 1.807) is 24.3 Å². The number of nitrogens with one attached hydrogen (secondary N) is 1. The van der Waals surface area contributed by atoms with Gasteiger partial charge in [0.15, 0.2) is 9.84 Å². The number of phenols is 1. The van der Waals surface area contributed by atoms with Crippen LogP contribution in [0, 0.1) is 0 Å². The van der Waals surface area contributed by atoms with E-state index in [2.05, 4.69) is 21.2 Å². The molecule has 2 aromatic rings. The molecule has 140 valence electrons. The minimum atomic E-state index is -3.81. The van der Waals surface area contributed by atoms with Crippen molar-refractivity contribution in [3.8, 4) is 5.75 Å². The summed E-state index contributed by atoms with van der Waals surface area (Å²) < 4.78 is 24.8. The number of amides is 1. The molecule has 0 unspecified atom stereocenters. The van der Waals surface area contributed by atoms with Gasteiger partial charge >= 0.3 is 0 Å². The Morgan fingerprint density at radius 3 is 2.23 bits per heavy atom. The molecule has 0 saturated carbocycles. The zero-order chi connectivity index (χ0) is 19.4. The van der Waals surface area contributed by atoms with Crippen molar-refractivity contribution < 1.29 is 18.3 Å². The van der Waals surface area contributed by atoms with Crippen LogP contribution in [0.4, 0.5) is 0 Å². The molecule has 1 amide bonds. The van der Waals surface area contributed by atoms with Crippen LogP contribution in [-0.4, -0.2) is 30.7 Å². The van der Waals surface area contributed by atoms with Crippen LogP contribution < -0.4 is 5.32 Å². The van der Waals surface area contributed by atoms with Gasteiger partial charge in [0.25, 0.3) is 0 Å². The van der Waals surface area contributed by atoms with E-state index >= 15 is 0 Å². The third-order valence-electron chi connectivity index (χ3n) is 4.21. The highest BCUT2D eigenvalue weighted by atomic mass is 79.9. The van der Waals surface area contributed by atoms with Gasteiger partial charge in [0.1, 0.15) is 10.5 Å². The zero-order valence-corrected chi connectivity index (χ0v) is 17.1. The minimum absolute atomic E-state index is 0.116. The highest BCUT2D eigenvalue weighted by molar-refractivity contribution is 9.10. The molecule has 26 heavy (non-hydrogen) atoms. The van der Waals surface area contributed by atoms with Crippen LogP contribution in [0.1, 0.15) is 25.8 Å². The average Bonchev–Trinajstić information content (AvgIpc) is 2.60. The Hall–Kier alpha value is -1.86. The quantitative estimate of drug-likeness (QED) is 0.646. The van der Waals surface area contributed by atoms with Crippen molar-refractivity contribution in [2.45, 2.75) is 36.3 Å².